The van der Waals surface area contributed by atoms with Gasteiger partial charge in [-0.1, -0.05) is 0 Å². The summed E-state index contributed by atoms with van der Waals surface area (Å²) < 4.78 is 7.25. The number of hydrogen-bond acceptors (Lipinski definition) is 3. The van der Waals surface area contributed by atoms with E-state index in [0.29, 0.717) is 11.8 Å². The van der Waals surface area contributed by atoms with Crippen LogP contribution in [0.4, 0.5) is 5.69 Å². The zero-order valence-electron chi connectivity index (χ0n) is 10.5. The van der Waals surface area contributed by atoms with Crippen molar-refractivity contribution in [1.82, 2.24) is 4.57 Å². The Morgan fingerprint density at radius 1 is 1.47 bits per heavy atom. The van der Waals surface area contributed by atoms with Gasteiger partial charge in [0.15, 0.2) is 0 Å². The van der Waals surface area contributed by atoms with Gasteiger partial charge in [-0.05, 0) is 37.8 Å². The Kier molecular flexibility index (Phi) is 3.84. The highest BCUT2D eigenvalue weighted by atomic mass is 16.5. The Morgan fingerprint density at radius 3 is 3.00 bits per heavy atom. The van der Waals surface area contributed by atoms with E-state index in [2.05, 4.69) is 5.32 Å². The Morgan fingerprint density at radius 2 is 2.29 bits per heavy atom. The highest BCUT2D eigenvalue weighted by Gasteiger charge is 2.23. The molecule has 1 aromatic heterocycles. The van der Waals surface area contributed by atoms with Crippen LogP contribution < -0.4 is 10.9 Å². The molecule has 2 atom stereocenters. The molecule has 17 heavy (non-hydrogen) atoms. The van der Waals surface area contributed by atoms with Crippen molar-refractivity contribution in [3.63, 3.8) is 0 Å². The van der Waals surface area contributed by atoms with E-state index in [1.165, 1.54) is 0 Å². The van der Waals surface area contributed by atoms with Crippen LogP contribution in [0.3, 0.4) is 0 Å². The largest absolute Gasteiger partial charge is 0.384 e. The van der Waals surface area contributed by atoms with Gasteiger partial charge in [0.1, 0.15) is 5.69 Å². The lowest BCUT2D eigenvalue weighted by Gasteiger charge is -2.29. The molecule has 0 radical (unpaired) electrons. The van der Waals surface area contributed by atoms with E-state index in [4.69, 9.17) is 4.74 Å². The minimum atomic E-state index is 0.0664. The maximum Gasteiger partial charge on any atom is 0.274 e. The molecule has 0 saturated heterocycles. The summed E-state index contributed by atoms with van der Waals surface area (Å²) in [6.07, 6.45) is 6.40. The van der Waals surface area contributed by atoms with Gasteiger partial charge in [0.25, 0.3) is 5.56 Å². The number of hydrogen-bond donors (Lipinski definition) is 1. The molecule has 0 amide bonds. The molecule has 1 fully saturated rings. The molecular weight excluding hydrogens is 216 g/mol. The second-order valence-corrected chi connectivity index (χ2v) is 4.56. The number of nitrogens with one attached hydrogen (secondary N) is 1. The van der Waals surface area contributed by atoms with Crippen molar-refractivity contribution < 1.29 is 4.74 Å². The Bertz CT molecular complexity index is 428. The fourth-order valence-corrected chi connectivity index (χ4v) is 2.57. The quantitative estimate of drug-likeness (QED) is 0.873. The van der Waals surface area contributed by atoms with Crippen molar-refractivity contribution in [1.29, 1.82) is 0 Å². The van der Waals surface area contributed by atoms with Crippen LogP contribution in [0.25, 0.3) is 0 Å². The number of anilines is 1. The molecule has 0 spiro atoms. The van der Waals surface area contributed by atoms with Crippen molar-refractivity contribution in [3.8, 4) is 0 Å². The summed E-state index contributed by atoms with van der Waals surface area (Å²) in [5.74, 6) is 0. The van der Waals surface area contributed by atoms with Gasteiger partial charge in [0.2, 0.25) is 0 Å². The fraction of sp³-hybridized carbons (Fsp3) is 0.615. The molecule has 1 aliphatic rings. The van der Waals surface area contributed by atoms with Gasteiger partial charge in [-0.3, -0.25) is 4.79 Å². The fourth-order valence-electron chi connectivity index (χ4n) is 2.57. The van der Waals surface area contributed by atoms with Gasteiger partial charge < -0.3 is 14.6 Å². The zero-order chi connectivity index (χ0) is 12.3. The lowest BCUT2D eigenvalue weighted by atomic mass is 9.92. The van der Waals surface area contributed by atoms with E-state index in [1.807, 2.05) is 22.9 Å². The van der Waals surface area contributed by atoms with Crippen LogP contribution in [0.1, 0.15) is 31.7 Å². The Labute approximate surface area is 102 Å². The first-order chi connectivity index (χ1) is 8.26. The Balaban J connectivity index is 2.24. The third-order valence-corrected chi connectivity index (χ3v) is 3.57. The molecule has 94 valence electrons. The van der Waals surface area contributed by atoms with Crippen LogP contribution >= 0.6 is 0 Å². The minimum absolute atomic E-state index is 0.0664. The van der Waals surface area contributed by atoms with Gasteiger partial charge in [-0.25, -0.2) is 0 Å². The molecular formula is C13H20N2O2. The van der Waals surface area contributed by atoms with E-state index >= 15 is 0 Å². The predicted octanol–water partition coefficient (Wildman–Crippen LogP) is 2.02. The first kappa shape index (κ1) is 12.2. The van der Waals surface area contributed by atoms with Crippen molar-refractivity contribution >= 4 is 5.69 Å². The summed E-state index contributed by atoms with van der Waals surface area (Å²) in [7, 11) is 3.53. The van der Waals surface area contributed by atoms with Crippen molar-refractivity contribution in [2.24, 2.45) is 0 Å². The maximum atomic E-state index is 12.2. The lowest BCUT2D eigenvalue weighted by Crippen LogP contribution is -2.31. The third-order valence-electron chi connectivity index (χ3n) is 3.57. The molecule has 1 N–H and O–H groups in total. The number of rotatable bonds is 3. The third kappa shape index (κ3) is 2.52. The molecule has 4 heteroatoms. The molecule has 2 rings (SSSR count). The van der Waals surface area contributed by atoms with Crippen LogP contribution in [-0.2, 0) is 4.74 Å². The second kappa shape index (κ2) is 5.36. The van der Waals surface area contributed by atoms with Crippen molar-refractivity contribution in [3.05, 3.63) is 28.7 Å². The molecule has 0 unspecified atom stereocenters. The average molecular weight is 236 g/mol. The molecule has 0 aliphatic heterocycles. The highest BCUT2D eigenvalue weighted by molar-refractivity contribution is 5.39. The van der Waals surface area contributed by atoms with Crippen LogP contribution in [0, 0.1) is 0 Å². The number of nitrogens with zero attached hydrogens (tertiary/aromatic N) is 1. The van der Waals surface area contributed by atoms with Gasteiger partial charge >= 0.3 is 0 Å². The summed E-state index contributed by atoms with van der Waals surface area (Å²) in [5, 5.41) is 2.94. The summed E-state index contributed by atoms with van der Waals surface area (Å²) in [5.41, 5.74) is 0.726. The topological polar surface area (TPSA) is 43.3 Å². The summed E-state index contributed by atoms with van der Waals surface area (Å²) in [6, 6.07) is 4.01. The van der Waals surface area contributed by atoms with E-state index in [0.717, 1.165) is 25.7 Å². The maximum absolute atomic E-state index is 12.2. The van der Waals surface area contributed by atoms with Crippen LogP contribution in [0.15, 0.2) is 23.1 Å². The van der Waals surface area contributed by atoms with Gasteiger partial charge in [0, 0.05) is 26.4 Å². The molecule has 1 heterocycles. The zero-order valence-corrected chi connectivity index (χ0v) is 10.5. The number of aromatic nitrogens is 1. The first-order valence-electron chi connectivity index (χ1n) is 6.18. The monoisotopic (exact) mass is 236 g/mol. The molecule has 1 aromatic rings. The molecule has 1 saturated carbocycles. The molecule has 0 aromatic carbocycles. The van der Waals surface area contributed by atoms with Gasteiger partial charge in [0.05, 0.1) is 6.10 Å². The average Bonchev–Trinajstić information content (AvgIpc) is 2.39. The predicted molar refractivity (Wildman–Crippen MR) is 68.6 cm³/mol. The van der Waals surface area contributed by atoms with Crippen LogP contribution in [0.2, 0.25) is 0 Å². The smallest absolute Gasteiger partial charge is 0.274 e. The number of pyridine rings is 1. The lowest BCUT2D eigenvalue weighted by molar-refractivity contribution is 0.0525. The van der Waals surface area contributed by atoms with E-state index in [-0.39, 0.29) is 11.6 Å². The van der Waals surface area contributed by atoms with E-state index in [9.17, 15) is 4.79 Å². The van der Waals surface area contributed by atoms with Crippen LogP contribution in [-0.4, -0.2) is 24.8 Å². The second-order valence-electron chi connectivity index (χ2n) is 4.56. The number of ether oxygens (including phenoxy) is 1. The van der Waals surface area contributed by atoms with Crippen LogP contribution in [0.5, 0.6) is 0 Å². The summed E-state index contributed by atoms with van der Waals surface area (Å²) in [6.45, 7) is 0. The first-order valence-corrected chi connectivity index (χ1v) is 6.18. The normalized spacial score (nSPS) is 24.6. The van der Waals surface area contributed by atoms with Gasteiger partial charge in [-0.15, -0.1) is 0 Å². The standard InChI is InChI=1S/C13H20N2O2/c1-14-12-7-4-8-15(13(12)16)10-5-3-6-11(9-10)17-2/h4,7-8,10-11,14H,3,5-6,9H2,1-2H3/t10-,11+/m1/s1. The highest BCUT2D eigenvalue weighted by Crippen LogP contribution is 2.29. The van der Waals surface area contributed by atoms with E-state index < -0.39 is 0 Å². The van der Waals surface area contributed by atoms with Crippen molar-refractivity contribution in [2.45, 2.75) is 37.8 Å². The Hall–Kier alpha value is -1.29. The SMILES string of the molecule is CNc1cccn([C@@H]2CCC[C@H](OC)C2)c1=O. The summed E-state index contributed by atoms with van der Waals surface area (Å²) >= 11 is 0. The van der Waals surface area contributed by atoms with E-state index in [1.54, 1.807) is 14.2 Å². The molecule has 1 aliphatic carbocycles. The van der Waals surface area contributed by atoms with Crippen molar-refractivity contribution in [2.75, 3.05) is 19.5 Å². The molecule has 0 bridgehead atoms. The van der Waals surface area contributed by atoms with Gasteiger partial charge in [-0.2, -0.15) is 0 Å². The molecule has 4 nitrogen and oxygen atoms in total. The summed E-state index contributed by atoms with van der Waals surface area (Å²) in [4.78, 5) is 12.2. The number of methoxy groups -OCH3 is 1. The minimum Gasteiger partial charge on any atom is -0.384 e.